The van der Waals surface area contributed by atoms with Crippen LogP contribution >= 0.6 is 11.3 Å². The van der Waals surface area contributed by atoms with Crippen LogP contribution in [-0.4, -0.2) is 28.0 Å². The van der Waals surface area contributed by atoms with E-state index in [9.17, 15) is 19.1 Å². The van der Waals surface area contributed by atoms with Crippen LogP contribution in [0.1, 0.15) is 11.3 Å². The Hall–Kier alpha value is -3.06. The summed E-state index contributed by atoms with van der Waals surface area (Å²) in [7, 11) is 0. The Balaban J connectivity index is 1.62. The van der Waals surface area contributed by atoms with Crippen LogP contribution in [0.15, 0.2) is 60.0 Å². The quantitative estimate of drug-likeness (QED) is 0.655. The molecular weight excluding hydrogens is 367 g/mol. The lowest BCUT2D eigenvalue weighted by Crippen LogP contribution is -2.43. The Labute approximate surface area is 159 Å². The molecule has 0 radical (unpaired) electrons. The van der Waals surface area contributed by atoms with Crippen molar-refractivity contribution in [1.82, 2.24) is 10.3 Å². The van der Waals surface area contributed by atoms with Gasteiger partial charge in [0, 0.05) is 17.4 Å². The summed E-state index contributed by atoms with van der Waals surface area (Å²) in [5.74, 6) is -1.96. The number of carbonyl (C=O) groups is 2. The molecule has 7 heteroatoms. The van der Waals surface area contributed by atoms with Gasteiger partial charge in [0.15, 0.2) is 0 Å². The van der Waals surface area contributed by atoms with Gasteiger partial charge in [-0.15, -0.1) is 11.3 Å². The van der Waals surface area contributed by atoms with Crippen molar-refractivity contribution in [2.45, 2.75) is 18.9 Å². The highest BCUT2D eigenvalue weighted by Gasteiger charge is 2.21. The van der Waals surface area contributed by atoms with E-state index in [1.54, 1.807) is 5.38 Å². The zero-order chi connectivity index (χ0) is 19.2. The maximum atomic E-state index is 13.0. The molecule has 1 amide bonds. The zero-order valence-electron chi connectivity index (χ0n) is 14.3. The summed E-state index contributed by atoms with van der Waals surface area (Å²) in [4.78, 5) is 28.1. The van der Waals surface area contributed by atoms with E-state index in [1.165, 1.54) is 35.6 Å². The van der Waals surface area contributed by atoms with Crippen LogP contribution in [0.3, 0.4) is 0 Å². The summed E-state index contributed by atoms with van der Waals surface area (Å²) in [6.07, 6.45) is 0.0736. The zero-order valence-corrected chi connectivity index (χ0v) is 15.1. The second-order valence-electron chi connectivity index (χ2n) is 5.98. The Morgan fingerprint density at radius 1 is 1.11 bits per heavy atom. The van der Waals surface area contributed by atoms with Gasteiger partial charge in [0.2, 0.25) is 5.91 Å². The van der Waals surface area contributed by atoms with E-state index in [4.69, 9.17) is 0 Å². The van der Waals surface area contributed by atoms with Crippen LogP contribution in [0.2, 0.25) is 0 Å². The number of nitrogens with one attached hydrogen (secondary N) is 1. The van der Waals surface area contributed by atoms with Gasteiger partial charge in [0.05, 0.1) is 12.1 Å². The van der Waals surface area contributed by atoms with Crippen LogP contribution < -0.4 is 5.32 Å². The van der Waals surface area contributed by atoms with Crippen molar-refractivity contribution in [1.29, 1.82) is 0 Å². The lowest BCUT2D eigenvalue weighted by molar-refractivity contribution is -0.141. The molecule has 0 fully saturated rings. The molecule has 2 aromatic carbocycles. The number of carboxylic acids is 1. The lowest BCUT2D eigenvalue weighted by atomic mass is 10.1. The average molecular weight is 384 g/mol. The minimum atomic E-state index is -1.14. The Morgan fingerprint density at radius 3 is 2.48 bits per heavy atom. The molecule has 3 rings (SSSR count). The molecule has 1 unspecified atom stereocenters. The van der Waals surface area contributed by atoms with Gasteiger partial charge in [-0.3, -0.25) is 4.79 Å². The maximum Gasteiger partial charge on any atom is 0.326 e. The van der Waals surface area contributed by atoms with Gasteiger partial charge >= 0.3 is 5.97 Å². The molecule has 0 aliphatic rings. The Morgan fingerprint density at radius 2 is 1.81 bits per heavy atom. The van der Waals surface area contributed by atoms with Crippen molar-refractivity contribution < 1.29 is 19.1 Å². The number of nitrogens with zero attached hydrogens (tertiary/aromatic N) is 1. The molecule has 5 nitrogen and oxygen atoms in total. The van der Waals surface area contributed by atoms with Crippen molar-refractivity contribution in [2.24, 2.45) is 0 Å². The van der Waals surface area contributed by atoms with Crippen LogP contribution in [0, 0.1) is 5.82 Å². The first kappa shape index (κ1) is 18.7. The molecule has 0 spiro atoms. The molecule has 3 aromatic rings. The number of halogens is 1. The number of rotatable bonds is 7. The smallest absolute Gasteiger partial charge is 0.326 e. The molecule has 0 saturated carbocycles. The molecule has 0 aliphatic carbocycles. The standard InChI is InChI=1S/C20H17FN2O3S/c21-15-8-6-13(7-9-15)10-17(20(25)26)23-18(24)11-16-12-27-19(22-16)14-4-2-1-3-5-14/h1-9,12,17H,10-11H2,(H,23,24)(H,25,26). The molecule has 1 atom stereocenters. The number of thiazole rings is 1. The van der Waals surface area contributed by atoms with Gasteiger partial charge in [-0.2, -0.15) is 0 Å². The van der Waals surface area contributed by atoms with Gasteiger partial charge in [-0.05, 0) is 17.7 Å². The Bertz CT molecular complexity index is 926. The van der Waals surface area contributed by atoms with Gasteiger partial charge in [-0.1, -0.05) is 42.5 Å². The molecule has 0 bridgehead atoms. The molecule has 138 valence electrons. The monoisotopic (exact) mass is 384 g/mol. The number of carbonyl (C=O) groups excluding carboxylic acids is 1. The number of hydrogen-bond donors (Lipinski definition) is 2. The molecule has 1 heterocycles. The number of carboxylic acid groups (broad SMARTS) is 1. The molecule has 1 aromatic heterocycles. The molecule has 0 saturated heterocycles. The van der Waals surface area contributed by atoms with Crippen molar-refractivity contribution >= 4 is 23.2 Å². The summed E-state index contributed by atoms with van der Waals surface area (Å²) in [6, 6.07) is 14.1. The number of amides is 1. The summed E-state index contributed by atoms with van der Waals surface area (Å²) in [6.45, 7) is 0. The third kappa shape index (κ3) is 5.21. The highest BCUT2D eigenvalue weighted by molar-refractivity contribution is 7.13. The van der Waals surface area contributed by atoms with Crippen molar-refractivity contribution in [2.75, 3.05) is 0 Å². The molecule has 27 heavy (non-hydrogen) atoms. The highest BCUT2D eigenvalue weighted by Crippen LogP contribution is 2.23. The average Bonchev–Trinajstić information content (AvgIpc) is 3.12. The minimum Gasteiger partial charge on any atom is -0.480 e. The van der Waals surface area contributed by atoms with Gasteiger partial charge in [0.25, 0.3) is 0 Å². The van der Waals surface area contributed by atoms with Crippen LogP contribution in [0.4, 0.5) is 4.39 Å². The number of aliphatic carboxylic acids is 1. The maximum absolute atomic E-state index is 13.0. The SMILES string of the molecule is O=C(Cc1csc(-c2ccccc2)n1)NC(Cc1ccc(F)cc1)C(=O)O. The fourth-order valence-electron chi connectivity index (χ4n) is 2.57. The van der Waals surface area contributed by atoms with E-state index in [2.05, 4.69) is 10.3 Å². The van der Waals surface area contributed by atoms with Crippen LogP contribution in [0.25, 0.3) is 10.6 Å². The summed E-state index contributed by atoms with van der Waals surface area (Å²) < 4.78 is 13.0. The van der Waals surface area contributed by atoms with E-state index < -0.39 is 23.7 Å². The molecule has 0 aliphatic heterocycles. The van der Waals surface area contributed by atoms with Gasteiger partial charge in [-0.25, -0.2) is 14.2 Å². The first-order valence-electron chi connectivity index (χ1n) is 8.27. The van der Waals surface area contributed by atoms with Crippen LogP contribution in [0.5, 0.6) is 0 Å². The summed E-state index contributed by atoms with van der Waals surface area (Å²) in [5, 5.41) is 14.5. The third-order valence-corrected chi connectivity index (χ3v) is 4.84. The van der Waals surface area contributed by atoms with Crippen LogP contribution in [-0.2, 0) is 22.4 Å². The van der Waals surface area contributed by atoms with Crippen molar-refractivity contribution in [3.63, 3.8) is 0 Å². The predicted molar refractivity (Wildman–Crippen MR) is 101 cm³/mol. The number of aromatic nitrogens is 1. The normalized spacial score (nSPS) is 11.7. The second-order valence-corrected chi connectivity index (χ2v) is 6.83. The van der Waals surface area contributed by atoms with Gasteiger partial charge < -0.3 is 10.4 Å². The van der Waals surface area contributed by atoms with E-state index in [0.29, 0.717) is 11.3 Å². The fourth-order valence-corrected chi connectivity index (χ4v) is 3.39. The summed E-state index contributed by atoms with van der Waals surface area (Å²) >= 11 is 1.43. The number of hydrogen-bond acceptors (Lipinski definition) is 4. The largest absolute Gasteiger partial charge is 0.480 e. The first-order chi connectivity index (χ1) is 13.0. The molecular formula is C20H17FN2O3S. The molecule has 2 N–H and O–H groups in total. The minimum absolute atomic E-state index is 0.00344. The predicted octanol–water partition coefficient (Wildman–Crippen LogP) is 3.30. The highest BCUT2D eigenvalue weighted by atomic mass is 32.1. The topological polar surface area (TPSA) is 79.3 Å². The van der Waals surface area contributed by atoms with E-state index in [0.717, 1.165) is 10.6 Å². The van der Waals surface area contributed by atoms with Crippen molar-refractivity contribution in [3.8, 4) is 10.6 Å². The fraction of sp³-hybridized carbons (Fsp3) is 0.150. The Kier molecular flexibility index (Phi) is 5.93. The van der Waals surface area contributed by atoms with E-state index in [1.807, 2.05) is 30.3 Å². The summed E-state index contributed by atoms with van der Waals surface area (Å²) in [5.41, 5.74) is 2.18. The second kappa shape index (κ2) is 8.55. The number of benzene rings is 2. The van der Waals surface area contributed by atoms with Crippen molar-refractivity contribution in [3.05, 3.63) is 77.1 Å². The third-order valence-electron chi connectivity index (χ3n) is 3.90. The van der Waals surface area contributed by atoms with Gasteiger partial charge in [0.1, 0.15) is 16.9 Å². The first-order valence-corrected chi connectivity index (χ1v) is 9.15. The van der Waals surface area contributed by atoms with E-state index in [-0.39, 0.29) is 12.8 Å². The lowest BCUT2D eigenvalue weighted by Gasteiger charge is -2.14. The van der Waals surface area contributed by atoms with E-state index >= 15 is 0 Å².